The molecule has 3 nitrogen and oxygen atoms in total. The summed E-state index contributed by atoms with van der Waals surface area (Å²) in [6.45, 7) is 11.0. The van der Waals surface area contributed by atoms with E-state index in [4.69, 9.17) is 0 Å². The zero-order valence-electron chi connectivity index (χ0n) is 14.6. The van der Waals surface area contributed by atoms with Gasteiger partial charge in [-0.1, -0.05) is 47.0 Å². The Kier molecular flexibility index (Phi) is 5.34. The molecule has 0 bridgehead atoms. The van der Waals surface area contributed by atoms with Gasteiger partial charge in [-0.15, -0.1) is 0 Å². The van der Waals surface area contributed by atoms with Crippen LogP contribution in [0.1, 0.15) is 79.6 Å². The van der Waals surface area contributed by atoms with Crippen LogP contribution in [0.25, 0.3) is 0 Å². The molecule has 0 radical (unpaired) electrons. The lowest BCUT2D eigenvalue weighted by atomic mass is 9.81. The Balaban J connectivity index is 2.25. The highest BCUT2D eigenvalue weighted by Crippen LogP contribution is 2.37. The van der Waals surface area contributed by atoms with Gasteiger partial charge in [-0.25, -0.2) is 0 Å². The zero-order valence-corrected chi connectivity index (χ0v) is 14.6. The topological polar surface area (TPSA) is 32.3 Å². The van der Waals surface area contributed by atoms with Crippen LogP contribution in [0.3, 0.4) is 0 Å². The summed E-state index contributed by atoms with van der Waals surface area (Å²) in [6.07, 6.45) is 8.48. The fraction of sp³-hybridized carbons (Fsp3) is 0.944. The van der Waals surface area contributed by atoms with E-state index in [0.717, 1.165) is 12.8 Å². The third-order valence-electron chi connectivity index (χ3n) is 5.68. The summed E-state index contributed by atoms with van der Waals surface area (Å²) in [6, 6.07) is 0.459. The van der Waals surface area contributed by atoms with E-state index in [1.54, 1.807) is 0 Å². The van der Waals surface area contributed by atoms with Crippen LogP contribution in [0.5, 0.6) is 0 Å². The lowest BCUT2D eigenvalue weighted by Crippen LogP contribution is -2.49. The number of carbonyl (C=O) groups is 1. The number of nitrogens with one attached hydrogen (secondary N) is 1. The van der Waals surface area contributed by atoms with Gasteiger partial charge in [0.15, 0.2) is 0 Å². The maximum Gasteiger partial charge on any atom is 0.244 e. The minimum absolute atomic E-state index is 0.236. The minimum atomic E-state index is -0.352. The van der Waals surface area contributed by atoms with E-state index < -0.39 is 0 Å². The molecule has 1 saturated heterocycles. The van der Waals surface area contributed by atoms with Crippen LogP contribution in [-0.2, 0) is 4.79 Å². The first kappa shape index (κ1) is 16.8. The average molecular weight is 294 g/mol. The predicted octanol–water partition coefficient (Wildman–Crippen LogP) is 3.93. The summed E-state index contributed by atoms with van der Waals surface area (Å²) >= 11 is 0. The molecule has 2 aliphatic rings. The molecule has 1 aliphatic heterocycles. The van der Waals surface area contributed by atoms with Gasteiger partial charge < -0.3 is 4.90 Å². The molecule has 3 heteroatoms. The minimum Gasteiger partial charge on any atom is -0.322 e. The average Bonchev–Trinajstić information content (AvgIpc) is 2.70. The number of carbonyl (C=O) groups excluding carboxylic acids is 1. The molecule has 4 atom stereocenters. The molecule has 122 valence electrons. The third kappa shape index (κ3) is 3.28. The molecule has 1 N–H and O–H groups in total. The van der Waals surface area contributed by atoms with E-state index in [1.165, 1.54) is 32.1 Å². The van der Waals surface area contributed by atoms with Gasteiger partial charge in [-0.05, 0) is 44.4 Å². The van der Waals surface area contributed by atoms with E-state index in [0.29, 0.717) is 23.8 Å². The second kappa shape index (κ2) is 6.68. The van der Waals surface area contributed by atoms with Gasteiger partial charge in [0.25, 0.3) is 0 Å². The fourth-order valence-electron chi connectivity index (χ4n) is 4.21. The summed E-state index contributed by atoms with van der Waals surface area (Å²) in [7, 11) is 0. The lowest BCUT2D eigenvalue weighted by molar-refractivity contribution is -0.137. The molecule has 0 aromatic rings. The van der Waals surface area contributed by atoms with Crippen molar-refractivity contribution in [1.29, 1.82) is 0 Å². The van der Waals surface area contributed by atoms with Gasteiger partial charge in [0.2, 0.25) is 5.91 Å². The largest absolute Gasteiger partial charge is 0.322 e. The monoisotopic (exact) mass is 294 g/mol. The van der Waals surface area contributed by atoms with Gasteiger partial charge in [-0.3, -0.25) is 10.1 Å². The van der Waals surface area contributed by atoms with Crippen molar-refractivity contribution < 1.29 is 4.79 Å². The molecular formula is C18H34N2O. The molecule has 1 saturated carbocycles. The molecule has 4 unspecified atom stereocenters. The Morgan fingerprint density at radius 3 is 2.52 bits per heavy atom. The highest BCUT2D eigenvalue weighted by molar-refractivity contribution is 5.88. The molecule has 1 amide bonds. The first-order valence-electron chi connectivity index (χ1n) is 9.03. The maximum atomic E-state index is 13.1. The van der Waals surface area contributed by atoms with Gasteiger partial charge in [0.05, 0.1) is 11.7 Å². The quantitative estimate of drug-likeness (QED) is 0.833. The van der Waals surface area contributed by atoms with Crippen LogP contribution in [-0.4, -0.2) is 28.6 Å². The van der Waals surface area contributed by atoms with Crippen LogP contribution in [0.15, 0.2) is 0 Å². The Labute approximate surface area is 130 Å². The lowest BCUT2D eigenvalue weighted by Gasteiger charge is -2.41. The van der Waals surface area contributed by atoms with Gasteiger partial charge in [0, 0.05) is 6.04 Å². The first-order chi connectivity index (χ1) is 9.92. The van der Waals surface area contributed by atoms with Crippen LogP contribution in [0.4, 0.5) is 0 Å². The Morgan fingerprint density at radius 1 is 1.29 bits per heavy atom. The number of nitrogens with zero attached hydrogens (tertiary/aromatic N) is 1. The molecule has 1 heterocycles. The number of rotatable bonds is 5. The van der Waals surface area contributed by atoms with E-state index in [9.17, 15) is 4.79 Å². The number of amides is 1. The van der Waals surface area contributed by atoms with Crippen molar-refractivity contribution in [3.8, 4) is 0 Å². The molecule has 21 heavy (non-hydrogen) atoms. The molecule has 0 aromatic heterocycles. The van der Waals surface area contributed by atoms with Crippen molar-refractivity contribution in [1.82, 2.24) is 10.2 Å². The summed E-state index contributed by atoms with van der Waals surface area (Å²) in [4.78, 5) is 15.3. The summed E-state index contributed by atoms with van der Waals surface area (Å²) in [5, 5.41) is 3.67. The van der Waals surface area contributed by atoms with Crippen molar-refractivity contribution in [3.63, 3.8) is 0 Å². The molecule has 0 aromatic carbocycles. The summed E-state index contributed by atoms with van der Waals surface area (Å²) < 4.78 is 0. The number of hydrogen-bond donors (Lipinski definition) is 1. The molecule has 2 fully saturated rings. The zero-order chi connectivity index (χ0) is 15.6. The normalized spacial score (nSPS) is 37.5. The SMILES string of the molecule is CCC1CCCCC1N1C(=O)C(C)(CC)NC1CC(C)C. The van der Waals surface area contributed by atoms with Gasteiger partial charge in [-0.2, -0.15) is 0 Å². The van der Waals surface area contributed by atoms with Crippen LogP contribution < -0.4 is 5.32 Å². The molecule has 2 rings (SSSR count). The van der Waals surface area contributed by atoms with Crippen molar-refractivity contribution in [3.05, 3.63) is 0 Å². The van der Waals surface area contributed by atoms with Crippen molar-refractivity contribution in [2.24, 2.45) is 11.8 Å². The highest BCUT2D eigenvalue weighted by atomic mass is 16.2. The maximum absolute atomic E-state index is 13.1. The Morgan fingerprint density at radius 2 is 1.95 bits per heavy atom. The van der Waals surface area contributed by atoms with Crippen LogP contribution >= 0.6 is 0 Å². The Hall–Kier alpha value is -0.570. The van der Waals surface area contributed by atoms with Crippen LogP contribution in [0.2, 0.25) is 0 Å². The molecule has 0 spiro atoms. The highest BCUT2D eigenvalue weighted by Gasteiger charge is 2.50. The molecule has 1 aliphatic carbocycles. The van der Waals surface area contributed by atoms with Crippen molar-refractivity contribution in [2.45, 2.75) is 97.3 Å². The van der Waals surface area contributed by atoms with E-state index >= 15 is 0 Å². The second-order valence-corrected chi connectivity index (χ2v) is 7.71. The molecular weight excluding hydrogens is 260 g/mol. The number of hydrogen-bond acceptors (Lipinski definition) is 2. The van der Waals surface area contributed by atoms with E-state index in [-0.39, 0.29) is 11.7 Å². The Bertz CT molecular complexity index is 368. The summed E-state index contributed by atoms with van der Waals surface area (Å²) in [5.74, 6) is 1.65. The second-order valence-electron chi connectivity index (χ2n) is 7.71. The predicted molar refractivity (Wildman–Crippen MR) is 88.0 cm³/mol. The first-order valence-corrected chi connectivity index (χ1v) is 9.03. The summed E-state index contributed by atoms with van der Waals surface area (Å²) in [5.41, 5.74) is -0.352. The standard InChI is InChI=1S/C18H34N2O/c1-6-14-10-8-9-11-15(14)20-16(12-13(3)4)19-18(5,7-2)17(20)21/h13-16,19H,6-12H2,1-5H3. The van der Waals surface area contributed by atoms with Gasteiger partial charge in [0.1, 0.15) is 0 Å². The van der Waals surface area contributed by atoms with E-state index in [1.807, 2.05) is 0 Å². The van der Waals surface area contributed by atoms with Gasteiger partial charge >= 0.3 is 0 Å². The van der Waals surface area contributed by atoms with Crippen molar-refractivity contribution in [2.75, 3.05) is 0 Å². The smallest absolute Gasteiger partial charge is 0.244 e. The van der Waals surface area contributed by atoms with E-state index in [2.05, 4.69) is 44.8 Å². The fourth-order valence-corrected chi connectivity index (χ4v) is 4.21. The van der Waals surface area contributed by atoms with Crippen molar-refractivity contribution >= 4 is 5.91 Å². The van der Waals surface area contributed by atoms with Crippen LogP contribution in [0, 0.1) is 11.8 Å². The third-order valence-corrected chi connectivity index (χ3v) is 5.68.